The Kier molecular flexibility index (Phi) is 3.36. The van der Waals surface area contributed by atoms with E-state index in [-0.39, 0.29) is 11.6 Å². The standard InChI is InChI=1S/C16H22N6O/c1-2-7-22-12-16(19-15(22)23)3-8-20(9-4-16)13-14-18-6-11-21(14)10-5-17-13/h5-6,10-11H,2-4,7-9,12H2,1H3,(H,19,23). The maximum absolute atomic E-state index is 12.1. The van der Waals surface area contributed by atoms with Crippen LogP contribution in [0.4, 0.5) is 10.6 Å². The molecule has 2 aliphatic heterocycles. The van der Waals surface area contributed by atoms with Crippen molar-refractivity contribution in [2.45, 2.75) is 31.7 Å². The fraction of sp³-hybridized carbons (Fsp3) is 0.562. The van der Waals surface area contributed by atoms with E-state index < -0.39 is 0 Å². The summed E-state index contributed by atoms with van der Waals surface area (Å²) in [7, 11) is 0. The summed E-state index contributed by atoms with van der Waals surface area (Å²) >= 11 is 0. The van der Waals surface area contributed by atoms with Crippen LogP contribution in [0.3, 0.4) is 0 Å². The van der Waals surface area contributed by atoms with Crippen molar-refractivity contribution in [1.29, 1.82) is 0 Å². The van der Waals surface area contributed by atoms with Gasteiger partial charge in [0.25, 0.3) is 0 Å². The molecule has 2 saturated heterocycles. The lowest BCUT2D eigenvalue weighted by Gasteiger charge is -2.39. The highest BCUT2D eigenvalue weighted by molar-refractivity contribution is 5.78. The molecule has 122 valence electrons. The molecule has 0 radical (unpaired) electrons. The monoisotopic (exact) mass is 314 g/mol. The molecule has 23 heavy (non-hydrogen) atoms. The number of carbonyl (C=O) groups excluding carboxylic acids is 1. The molecule has 2 aromatic heterocycles. The lowest BCUT2D eigenvalue weighted by molar-refractivity contribution is 0.217. The number of amides is 2. The molecule has 0 unspecified atom stereocenters. The van der Waals surface area contributed by atoms with Crippen LogP contribution in [0.5, 0.6) is 0 Å². The maximum Gasteiger partial charge on any atom is 0.317 e. The second-order valence-corrected chi connectivity index (χ2v) is 6.53. The van der Waals surface area contributed by atoms with E-state index in [0.29, 0.717) is 0 Å². The van der Waals surface area contributed by atoms with Crippen molar-refractivity contribution in [3.05, 3.63) is 24.8 Å². The van der Waals surface area contributed by atoms with E-state index in [1.165, 1.54) is 0 Å². The molecule has 2 aromatic rings. The number of urea groups is 1. The number of carbonyl (C=O) groups is 1. The van der Waals surface area contributed by atoms with Crippen LogP contribution in [0.2, 0.25) is 0 Å². The average molecular weight is 314 g/mol. The van der Waals surface area contributed by atoms with Gasteiger partial charge in [-0.15, -0.1) is 0 Å². The highest BCUT2D eigenvalue weighted by Crippen LogP contribution is 2.30. The van der Waals surface area contributed by atoms with Crippen LogP contribution in [0, 0.1) is 0 Å². The van der Waals surface area contributed by atoms with Gasteiger partial charge in [-0.25, -0.2) is 14.8 Å². The van der Waals surface area contributed by atoms with Gasteiger partial charge >= 0.3 is 6.03 Å². The lowest BCUT2D eigenvalue weighted by atomic mass is 9.88. The number of rotatable bonds is 3. The van der Waals surface area contributed by atoms with Crippen LogP contribution in [-0.4, -0.2) is 57.0 Å². The quantitative estimate of drug-likeness (QED) is 0.932. The van der Waals surface area contributed by atoms with E-state index in [0.717, 1.165) is 56.9 Å². The summed E-state index contributed by atoms with van der Waals surface area (Å²) in [6.45, 7) is 5.55. The molecule has 1 N–H and O–H groups in total. The molecule has 4 heterocycles. The molecule has 4 rings (SSSR count). The second kappa shape index (κ2) is 5.40. The van der Waals surface area contributed by atoms with E-state index in [2.05, 4.69) is 27.1 Å². The largest absolute Gasteiger partial charge is 0.353 e. The van der Waals surface area contributed by atoms with Gasteiger partial charge in [0, 0.05) is 51.0 Å². The van der Waals surface area contributed by atoms with Gasteiger partial charge in [0.2, 0.25) is 0 Å². The Morgan fingerprint density at radius 1 is 1.22 bits per heavy atom. The first-order valence-corrected chi connectivity index (χ1v) is 8.30. The lowest BCUT2D eigenvalue weighted by Crippen LogP contribution is -2.52. The van der Waals surface area contributed by atoms with E-state index in [1.807, 2.05) is 27.9 Å². The Bertz CT molecular complexity index is 718. The zero-order valence-electron chi connectivity index (χ0n) is 13.4. The van der Waals surface area contributed by atoms with Crippen LogP contribution >= 0.6 is 0 Å². The fourth-order valence-electron chi connectivity index (χ4n) is 3.73. The minimum absolute atomic E-state index is 0.0662. The molecule has 0 aromatic carbocycles. The van der Waals surface area contributed by atoms with Crippen LogP contribution in [-0.2, 0) is 0 Å². The van der Waals surface area contributed by atoms with Crippen molar-refractivity contribution in [3.8, 4) is 0 Å². The Morgan fingerprint density at radius 2 is 1.96 bits per heavy atom. The number of nitrogens with zero attached hydrogens (tertiary/aromatic N) is 5. The van der Waals surface area contributed by atoms with E-state index in [1.54, 1.807) is 6.20 Å². The molecule has 7 nitrogen and oxygen atoms in total. The zero-order chi connectivity index (χ0) is 15.9. The minimum atomic E-state index is -0.0662. The molecule has 2 fully saturated rings. The molecule has 2 amide bonds. The Hall–Kier alpha value is -2.31. The summed E-state index contributed by atoms with van der Waals surface area (Å²) in [5.74, 6) is 0.932. The molecule has 0 saturated carbocycles. The van der Waals surface area contributed by atoms with Gasteiger partial charge in [0.05, 0.1) is 5.54 Å². The molecule has 2 aliphatic rings. The van der Waals surface area contributed by atoms with E-state index >= 15 is 0 Å². The molecular weight excluding hydrogens is 292 g/mol. The minimum Gasteiger partial charge on any atom is -0.353 e. The van der Waals surface area contributed by atoms with Gasteiger partial charge in [0.15, 0.2) is 11.5 Å². The van der Waals surface area contributed by atoms with Crippen molar-refractivity contribution in [2.24, 2.45) is 0 Å². The number of fused-ring (bicyclic) bond motifs is 1. The number of anilines is 1. The predicted octanol–water partition coefficient (Wildman–Crippen LogP) is 1.50. The summed E-state index contributed by atoms with van der Waals surface area (Å²) in [4.78, 5) is 25.3. The third kappa shape index (κ3) is 2.40. The first-order valence-electron chi connectivity index (χ1n) is 8.30. The number of imidazole rings is 1. The predicted molar refractivity (Wildman–Crippen MR) is 87.6 cm³/mol. The molecular formula is C16H22N6O. The summed E-state index contributed by atoms with van der Waals surface area (Å²) in [6, 6.07) is 0.0915. The fourth-order valence-corrected chi connectivity index (χ4v) is 3.73. The first-order chi connectivity index (χ1) is 11.2. The SMILES string of the molecule is CCCN1CC2(CCN(c3nccn4ccnc34)CC2)NC1=O. The summed E-state index contributed by atoms with van der Waals surface area (Å²) < 4.78 is 1.99. The van der Waals surface area contributed by atoms with Gasteiger partial charge in [0.1, 0.15) is 0 Å². The second-order valence-electron chi connectivity index (χ2n) is 6.53. The van der Waals surface area contributed by atoms with Crippen LogP contribution in [0.1, 0.15) is 26.2 Å². The molecule has 1 spiro atoms. The molecule has 7 heteroatoms. The third-order valence-electron chi connectivity index (χ3n) is 4.96. The molecule has 0 bridgehead atoms. The molecule has 0 aliphatic carbocycles. The van der Waals surface area contributed by atoms with Crippen molar-refractivity contribution < 1.29 is 4.79 Å². The van der Waals surface area contributed by atoms with Gasteiger partial charge in [-0.05, 0) is 19.3 Å². The van der Waals surface area contributed by atoms with Crippen molar-refractivity contribution >= 4 is 17.5 Å². The topological polar surface area (TPSA) is 65.8 Å². The van der Waals surface area contributed by atoms with Gasteiger partial charge in [-0.3, -0.25) is 0 Å². The number of hydrogen-bond donors (Lipinski definition) is 1. The number of piperidine rings is 1. The van der Waals surface area contributed by atoms with E-state index in [4.69, 9.17) is 0 Å². The van der Waals surface area contributed by atoms with Crippen molar-refractivity contribution in [2.75, 3.05) is 31.1 Å². The summed E-state index contributed by atoms with van der Waals surface area (Å²) in [5.41, 5.74) is 0.829. The molecule has 0 atom stereocenters. The average Bonchev–Trinajstić information content (AvgIpc) is 3.14. The summed E-state index contributed by atoms with van der Waals surface area (Å²) in [6.07, 6.45) is 10.4. The smallest absolute Gasteiger partial charge is 0.317 e. The Labute approximate surface area is 135 Å². The first kappa shape index (κ1) is 14.3. The van der Waals surface area contributed by atoms with Crippen LogP contribution in [0.15, 0.2) is 24.8 Å². The maximum atomic E-state index is 12.1. The number of hydrogen-bond acceptors (Lipinski definition) is 4. The summed E-state index contributed by atoms with van der Waals surface area (Å²) in [5, 5.41) is 3.23. The highest BCUT2D eigenvalue weighted by Gasteiger charge is 2.44. The zero-order valence-corrected chi connectivity index (χ0v) is 13.4. The van der Waals surface area contributed by atoms with Crippen LogP contribution < -0.4 is 10.2 Å². The number of aromatic nitrogens is 3. The Morgan fingerprint density at radius 3 is 2.70 bits per heavy atom. The third-order valence-corrected chi connectivity index (χ3v) is 4.96. The highest BCUT2D eigenvalue weighted by atomic mass is 16.2. The van der Waals surface area contributed by atoms with Crippen molar-refractivity contribution in [1.82, 2.24) is 24.6 Å². The van der Waals surface area contributed by atoms with Crippen molar-refractivity contribution in [3.63, 3.8) is 0 Å². The Balaban J connectivity index is 1.49. The van der Waals surface area contributed by atoms with Crippen LogP contribution in [0.25, 0.3) is 5.65 Å². The van der Waals surface area contributed by atoms with E-state index in [9.17, 15) is 4.79 Å². The number of nitrogens with one attached hydrogen (secondary N) is 1. The van der Waals surface area contributed by atoms with Gasteiger partial charge in [-0.2, -0.15) is 0 Å². The van der Waals surface area contributed by atoms with Gasteiger partial charge in [-0.1, -0.05) is 6.92 Å². The normalized spacial score (nSPS) is 20.5. The van der Waals surface area contributed by atoms with Gasteiger partial charge < -0.3 is 19.5 Å².